The van der Waals surface area contributed by atoms with Crippen LogP contribution in [0.4, 0.5) is 5.69 Å². The minimum atomic E-state index is -0.682. The van der Waals surface area contributed by atoms with Crippen molar-refractivity contribution in [2.75, 3.05) is 18.4 Å². The smallest absolute Gasteiger partial charge is 0.303 e. The van der Waals surface area contributed by atoms with Gasteiger partial charge in [0.15, 0.2) is 5.96 Å². The van der Waals surface area contributed by atoms with Crippen LogP contribution >= 0.6 is 23.3 Å². The third-order valence-corrected chi connectivity index (χ3v) is 4.15. The van der Waals surface area contributed by atoms with E-state index in [1.165, 1.54) is 11.7 Å². The summed E-state index contributed by atoms with van der Waals surface area (Å²) in [4.78, 5) is 14.1. The summed E-state index contributed by atoms with van der Waals surface area (Å²) in [5.41, 5.74) is 2.39. The van der Waals surface area contributed by atoms with Gasteiger partial charge in [-0.2, -0.15) is 8.75 Å². The van der Waals surface area contributed by atoms with Crippen LogP contribution in [-0.2, 0) is 4.79 Å². The quantitative estimate of drug-likeness (QED) is 0.699. The van der Waals surface area contributed by atoms with E-state index >= 15 is 0 Å². The normalized spacial score (nSPS) is 13.0. The van der Waals surface area contributed by atoms with Crippen LogP contribution in [0.25, 0.3) is 11.0 Å². The first-order chi connectivity index (χ1) is 11.6. The Morgan fingerprint density at radius 3 is 2.92 bits per heavy atom. The predicted molar refractivity (Wildman–Crippen MR) is 98.1 cm³/mol. The summed E-state index contributed by atoms with van der Waals surface area (Å²) in [6.45, 7) is 3.69. The Morgan fingerprint density at radius 2 is 2.25 bits per heavy atom. The van der Waals surface area contributed by atoms with Gasteiger partial charge in [-0.15, -0.1) is 0 Å². The third-order valence-electron chi connectivity index (χ3n) is 3.29. The van der Waals surface area contributed by atoms with Crippen LogP contribution in [0.1, 0.15) is 32.6 Å². The molecule has 1 aliphatic heterocycles. The summed E-state index contributed by atoms with van der Waals surface area (Å²) in [6, 6.07) is 3.67. The molecular formula is C15H20ClN5O2S. The van der Waals surface area contributed by atoms with Crippen LogP contribution < -0.4 is 10.6 Å². The molecule has 3 rings (SSSR count). The van der Waals surface area contributed by atoms with Crippen LogP contribution in [0.15, 0.2) is 17.1 Å². The van der Waals surface area contributed by atoms with Gasteiger partial charge < -0.3 is 15.7 Å². The van der Waals surface area contributed by atoms with Crippen LogP contribution in [0.2, 0.25) is 5.02 Å². The van der Waals surface area contributed by atoms with Crippen LogP contribution in [0.5, 0.6) is 0 Å². The molecule has 2 heterocycles. The molecular weight excluding hydrogens is 350 g/mol. The number of aliphatic carboxylic acids is 1. The number of aromatic nitrogens is 2. The molecule has 0 amide bonds. The Hall–Kier alpha value is -1.93. The van der Waals surface area contributed by atoms with E-state index in [0.717, 1.165) is 55.0 Å². The lowest BCUT2D eigenvalue weighted by molar-refractivity contribution is -0.137. The van der Waals surface area contributed by atoms with Gasteiger partial charge >= 0.3 is 5.97 Å². The number of rotatable bonds is 5. The summed E-state index contributed by atoms with van der Waals surface area (Å²) in [6.07, 6.45) is 3.28. The number of carboxylic acid groups (broad SMARTS) is 1. The molecule has 0 atom stereocenters. The number of carbonyl (C=O) groups is 1. The number of nitrogens with zero attached hydrogens (tertiary/aromatic N) is 3. The number of guanidine groups is 1. The van der Waals surface area contributed by atoms with Crippen molar-refractivity contribution in [3.05, 3.63) is 17.2 Å². The average molecular weight is 370 g/mol. The zero-order valence-corrected chi connectivity index (χ0v) is 15.0. The number of hydrogen-bond donors (Lipinski definition) is 3. The van der Waals surface area contributed by atoms with Gasteiger partial charge in [0, 0.05) is 13.0 Å². The molecule has 1 aromatic heterocycles. The van der Waals surface area contributed by atoms with E-state index in [0.29, 0.717) is 11.4 Å². The summed E-state index contributed by atoms with van der Waals surface area (Å²) in [7, 11) is 0. The Balaban J connectivity index is 0.000000224. The highest BCUT2D eigenvalue weighted by Crippen LogP contribution is 2.29. The molecule has 0 aliphatic carbocycles. The number of halogens is 1. The highest BCUT2D eigenvalue weighted by molar-refractivity contribution is 7.00. The van der Waals surface area contributed by atoms with Crippen LogP contribution in [0, 0.1) is 0 Å². The fourth-order valence-electron chi connectivity index (χ4n) is 2.07. The fraction of sp³-hybridized carbons (Fsp3) is 0.467. The molecule has 1 aliphatic rings. The molecule has 3 N–H and O–H groups in total. The molecule has 0 bridgehead atoms. The average Bonchev–Trinajstić information content (AvgIpc) is 3.22. The van der Waals surface area contributed by atoms with Crippen molar-refractivity contribution in [1.29, 1.82) is 0 Å². The maximum Gasteiger partial charge on any atom is 0.303 e. The van der Waals surface area contributed by atoms with Crippen molar-refractivity contribution in [3.63, 3.8) is 0 Å². The number of nitrogens with one attached hydrogen (secondary N) is 2. The fourth-order valence-corrected chi connectivity index (χ4v) is 2.81. The second-order valence-corrected chi connectivity index (χ2v) is 6.12. The van der Waals surface area contributed by atoms with Gasteiger partial charge in [-0.1, -0.05) is 31.4 Å². The van der Waals surface area contributed by atoms with Crippen LogP contribution in [-0.4, -0.2) is 38.9 Å². The Morgan fingerprint density at radius 1 is 1.42 bits per heavy atom. The number of benzene rings is 1. The third kappa shape index (κ3) is 5.31. The maximum atomic E-state index is 9.87. The first-order valence-corrected chi connectivity index (χ1v) is 8.90. The van der Waals surface area contributed by atoms with Gasteiger partial charge in [0.05, 0.1) is 29.0 Å². The minimum absolute atomic E-state index is 0.327. The van der Waals surface area contributed by atoms with E-state index in [1.54, 1.807) is 0 Å². The molecule has 7 nitrogen and oxygen atoms in total. The lowest BCUT2D eigenvalue weighted by Gasteiger charge is -2.08. The highest BCUT2D eigenvalue weighted by atomic mass is 35.5. The number of unbranched alkanes of at least 4 members (excludes halogenated alkanes) is 2. The molecule has 0 spiro atoms. The number of anilines is 1. The van der Waals surface area contributed by atoms with Crippen molar-refractivity contribution in [3.8, 4) is 0 Å². The van der Waals surface area contributed by atoms with Gasteiger partial charge in [-0.05, 0) is 18.6 Å². The summed E-state index contributed by atoms with van der Waals surface area (Å²) >= 11 is 7.30. The summed E-state index contributed by atoms with van der Waals surface area (Å²) in [5, 5.41) is 15.0. The minimum Gasteiger partial charge on any atom is -0.481 e. The van der Waals surface area contributed by atoms with E-state index in [9.17, 15) is 4.79 Å². The molecule has 130 valence electrons. The van der Waals surface area contributed by atoms with Gasteiger partial charge in [0.2, 0.25) is 0 Å². The zero-order chi connectivity index (χ0) is 17.4. The Labute approximate surface area is 149 Å². The monoisotopic (exact) mass is 369 g/mol. The topological polar surface area (TPSA) is 99.5 Å². The van der Waals surface area contributed by atoms with Crippen molar-refractivity contribution < 1.29 is 9.90 Å². The molecule has 0 saturated carbocycles. The summed E-state index contributed by atoms with van der Waals surface area (Å²) < 4.78 is 8.39. The molecule has 0 saturated heterocycles. The van der Waals surface area contributed by atoms with Gasteiger partial charge in [-0.25, -0.2) is 0 Å². The molecule has 0 fully saturated rings. The summed E-state index contributed by atoms with van der Waals surface area (Å²) in [5.74, 6) is 0.0563. The van der Waals surface area contributed by atoms with Crippen molar-refractivity contribution in [1.82, 2.24) is 14.1 Å². The highest BCUT2D eigenvalue weighted by Gasteiger charge is 2.13. The molecule has 24 heavy (non-hydrogen) atoms. The van der Waals surface area contributed by atoms with Crippen molar-refractivity contribution in [2.24, 2.45) is 4.99 Å². The molecule has 9 heteroatoms. The standard InChI is InChI=1S/C9H8ClN5S.C6H12O2/c10-5-1-2-6-8(15-16-14-6)7(5)13-9-11-3-4-12-9;1-2-3-4-5-6(7)8/h1-2H,3-4H2,(H2,11,12,13);2-5H2,1H3,(H,7,8). The van der Waals surface area contributed by atoms with E-state index in [-0.39, 0.29) is 0 Å². The zero-order valence-electron chi connectivity index (χ0n) is 13.4. The molecule has 0 unspecified atom stereocenters. The van der Waals surface area contributed by atoms with Gasteiger partial charge in [0.1, 0.15) is 11.0 Å². The van der Waals surface area contributed by atoms with Crippen molar-refractivity contribution >= 4 is 52.0 Å². The van der Waals surface area contributed by atoms with Gasteiger partial charge in [0.25, 0.3) is 0 Å². The second kappa shape index (κ2) is 9.39. The largest absolute Gasteiger partial charge is 0.481 e. The maximum absolute atomic E-state index is 9.87. The number of hydrogen-bond acceptors (Lipinski definition) is 7. The number of carboxylic acids is 1. The lowest BCUT2D eigenvalue weighted by atomic mass is 10.2. The Bertz CT molecular complexity index is 719. The second-order valence-electron chi connectivity index (χ2n) is 5.19. The van der Waals surface area contributed by atoms with E-state index in [2.05, 4.69) is 31.3 Å². The number of fused-ring (bicyclic) bond motifs is 1. The number of aliphatic imine (C=N–C) groups is 1. The van der Waals surface area contributed by atoms with E-state index < -0.39 is 5.97 Å². The van der Waals surface area contributed by atoms with Gasteiger partial charge in [-0.3, -0.25) is 9.79 Å². The predicted octanol–water partition coefficient (Wildman–Crippen LogP) is 3.37. The first kappa shape index (κ1) is 18.4. The van der Waals surface area contributed by atoms with E-state index in [1.807, 2.05) is 12.1 Å². The first-order valence-electron chi connectivity index (χ1n) is 7.79. The van der Waals surface area contributed by atoms with Crippen LogP contribution in [0.3, 0.4) is 0 Å². The molecule has 1 aromatic carbocycles. The van der Waals surface area contributed by atoms with Crippen molar-refractivity contribution in [2.45, 2.75) is 32.6 Å². The molecule has 0 radical (unpaired) electrons. The Kier molecular flexibility index (Phi) is 7.20. The lowest BCUT2D eigenvalue weighted by Crippen LogP contribution is -2.26. The molecule has 2 aromatic rings. The SMILES string of the molecule is CCCCCC(=O)O.Clc1ccc2nsnc2c1NC1=NCCN1. The van der Waals surface area contributed by atoms with E-state index in [4.69, 9.17) is 16.7 Å².